The number of hydrogen-bond acceptors (Lipinski definition) is 5. The van der Waals surface area contributed by atoms with Crippen molar-refractivity contribution >= 4 is 11.6 Å². The standard InChI is InChI=1S/C12H20N4O/c1-8-11(13)14-9(2)15-12(8)16-6-4-3-5-10(16)7-17/h10,17H,3-7H2,1-2H3,(H2,13,14,15). The number of nitrogen functional groups attached to an aromatic ring is 1. The minimum absolute atomic E-state index is 0.163. The van der Waals surface area contributed by atoms with Crippen LogP contribution in [0.15, 0.2) is 0 Å². The fourth-order valence-electron chi connectivity index (χ4n) is 2.38. The number of nitrogens with two attached hydrogens (primary N) is 1. The first-order valence-electron chi connectivity index (χ1n) is 6.11. The van der Waals surface area contributed by atoms with E-state index >= 15 is 0 Å². The molecular formula is C12H20N4O. The van der Waals surface area contributed by atoms with E-state index in [1.807, 2.05) is 13.8 Å². The quantitative estimate of drug-likeness (QED) is 0.802. The van der Waals surface area contributed by atoms with Crippen LogP contribution < -0.4 is 10.6 Å². The van der Waals surface area contributed by atoms with Crippen LogP contribution in [-0.4, -0.2) is 34.3 Å². The SMILES string of the molecule is Cc1nc(N)c(C)c(N2CCCCC2CO)n1. The molecule has 0 aliphatic carbocycles. The number of hydrogen-bond donors (Lipinski definition) is 2. The van der Waals surface area contributed by atoms with Gasteiger partial charge in [-0.2, -0.15) is 0 Å². The third-order valence-electron chi connectivity index (χ3n) is 3.38. The van der Waals surface area contributed by atoms with Crippen molar-refractivity contribution in [2.24, 2.45) is 0 Å². The fraction of sp³-hybridized carbons (Fsp3) is 0.667. The van der Waals surface area contributed by atoms with E-state index in [2.05, 4.69) is 14.9 Å². The number of rotatable bonds is 2. The third kappa shape index (κ3) is 2.34. The molecule has 0 bridgehead atoms. The Bertz CT molecular complexity index is 408. The lowest BCUT2D eigenvalue weighted by atomic mass is 10.0. The molecule has 5 heteroatoms. The van der Waals surface area contributed by atoms with E-state index in [1.165, 1.54) is 6.42 Å². The molecule has 0 saturated carbocycles. The van der Waals surface area contributed by atoms with Crippen LogP contribution in [0, 0.1) is 13.8 Å². The van der Waals surface area contributed by atoms with Gasteiger partial charge < -0.3 is 15.7 Å². The highest BCUT2D eigenvalue weighted by Crippen LogP contribution is 2.27. The maximum absolute atomic E-state index is 9.44. The van der Waals surface area contributed by atoms with Crippen LogP contribution in [-0.2, 0) is 0 Å². The second kappa shape index (κ2) is 4.87. The zero-order chi connectivity index (χ0) is 12.4. The lowest BCUT2D eigenvalue weighted by Gasteiger charge is -2.36. The van der Waals surface area contributed by atoms with Gasteiger partial charge in [-0.1, -0.05) is 0 Å². The highest BCUT2D eigenvalue weighted by atomic mass is 16.3. The second-order valence-electron chi connectivity index (χ2n) is 4.63. The topological polar surface area (TPSA) is 75.3 Å². The van der Waals surface area contributed by atoms with Gasteiger partial charge in [0.2, 0.25) is 0 Å². The van der Waals surface area contributed by atoms with Crippen molar-refractivity contribution in [2.75, 3.05) is 23.8 Å². The first kappa shape index (κ1) is 12.1. The summed E-state index contributed by atoms with van der Waals surface area (Å²) in [5, 5.41) is 9.44. The largest absolute Gasteiger partial charge is 0.394 e. The van der Waals surface area contributed by atoms with Crippen LogP contribution in [0.3, 0.4) is 0 Å². The van der Waals surface area contributed by atoms with Crippen molar-refractivity contribution in [1.82, 2.24) is 9.97 Å². The molecule has 0 amide bonds. The Morgan fingerprint density at radius 1 is 1.35 bits per heavy atom. The number of aliphatic hydroxyl groups is 1. The molecule has 1 aliphatic heterocycles. The van der Waals surface area contributed by atoms with Gasteiger partial charge in [-0.15, -0.1) is 0 Å². The molecular weight excluding hydrogens is 216 g/mol. The molecule has 1 unspecified atom stereocenters. The van der Waals surface area contributed by atoms with E-state index in [9.17, 15) is 5.11 Å². The molecule has 94 valence electrons. The monoisotopic (exact) mass is 236 g/mol. The summed E-state index contributed by atoms with van der Waals surface area (Å²) < 4.78 is 0. The summed E-state index contributed by atoms with van der Waals surface area (Å²) in [7, 11) is 0. The zero-order valence-corrected chi connectivity index (χ0v) is 10.5. The molecule has 5 nitrogen and oxygen atoms in total. The van der Waals surface area contributed by atoms with E-state index < -0.39 is 0 Å². The van der Waals surface area contributed by atoms with E-state index in [4.69, 9.17) is 5.73 Å². The number of aromatic nitrogens is 2. The molecule has 0 spiro atoms. The molecule has 1 saturated heterocycles. The summed E-state index contributed by atoms with van der Waals surface area (Å²) in [6.45, 7) is 4.88. The van der Waals surface area contributed by atoms with Gasteiger partial charge in [-0.05, 0) is 33.1 Å². The summed E-state index contributed by atoms with van der Waals surface area (Å²) in [4.78, 5) is 10.8. The Morgan fingerprint density at radius 2 is 2.12 bits per heavy atom. The predicted octanol–water partition coefficient (Wildman–Crippen LogP) is 1.03. The number of piperidine rings is 1. The summed E-state index contributed by atoms with van der Waals surface area (Å²) in [6, 6.07) is 0.163. The third-order valence-corrected chi connectivity index (χ3v) is 3.38. The minimum Gasteiger partial charge on any atom is -0.394 e. The lowest BCUT2D eigenvalue weighted by molar-refractivity contribution is 0.239. The first-order chi connectivity index (χ1) is 8.13. The average Bonchev–Trinajstić information content (AvgIpc) is 2.33. The van der Waals surface area contributed by atoms with Crippen molar-refractivity contribution in [3.8, 4) is 0 Å². The summed E-state index contributed by atoms with van der Waals surface area (Å²) in [5.41, 5.74) is 6.79. The maximum atomic E-state index is 9.44. The molecule has 0 radical (unpaired) electrons. The van der Waals surface area contributed by atoms with Crippen LogP contribution in [0.1, 0.15) is 30.7 Å². The van der Waals surface area contributed by atoms with Gasteiger partial charge >= 0.3 is 0 Å². The predicted molar refractivity (Wildman–Crippen MR) is 68.0 cm³/mol. The van der Waals surface area contributed by atoms with Crippen LogP contribution >= 0.6 is 0 Å². The Hall–Kier alpha value is -1.36. The molecule has 3 N–H and O–H groups in total. The smallest absolute Gasteiger partial charge is 0.137 e. The van der Waals surface area contributed by atoms with E-state index in [0.717, 1.165) is 30.8 Å². The number of aryl methyl sites for hydroxylation is 1. The molecule has 1 atom stereocenters. The molecule has 17 heavy (non-hydrogen) atoms. The normalized spacial score (nSPS) is 20.6. The van der Waals surface area contributed by atoms with Crippen LogP contribution in [0.4, 0.5) is 11.6 Å². The Morgan fingerprint density at radius 3 is 2.82 bits per heavy atom. The van der Waals surface area contributed by atoms with E-state index in [0.29, 0.717) is 11.6 Å². The van der Waals surface area contributed by atoms with Gasteiger partial charge in [-0.3, -0.25) is 0 Å². The second-order valence-corrected chi connectivity index (χ2v) is 4.63. The van der Waals surface area contributed by atoms with Gasteiger partial charge in [0.1, 0.15) is 17.5 Å². The number of anilines is 2. The fourth-order valence-corrected chi connectivity index (χ4v) is 2.38. The Balaban J connectivity index is 2.37. The number of aliphatic hydroxyl groups excluding tert-OH is 1. The van der Waals surface area contributed by atoms with Gasteiger partial charge in [-0.25, -0.2) is 9.97 Å². The molecule has 2 heterocycles. The summed E-state index contributed by atoms with van der Waals surface area (Å²) in [6.07, 6.45) is 3.32. The van der Waals surface area contributed by atoms with Gasteiger partial charge in [0.25, 0.3) is 0 Å². The molecule has 2 rings (SSSR count). The van der Waals surface area contributed by atoms with Crippen LogP contribution in [0.25, 0.3) is 0 Å². The van der Waals surface area contributed by atoms with Crippen molar-refractivity contribution in [2.45, 2.75) is 39.2 Å². The first-order valence-corrected chi connectivity index (χ1v) is 6.11. The van der Waals surface area contributed by atoms with Gasteiger partial charge in [0.15, 0.2) is 0 Å². The maximum Gasteiger partial charge on any atom is 0.137 e. The van der Waals surface area contributed by atoms with Crippen molar-refractivity contribution in [3.05, 3.63) is 11.4 Å². The summed E-state index contributed by atoms with van der Waals surface area (Å²) in [5.74, 6) is 2.11. The highest BCUT2D eigenvalue weighted by molar-refractivity contribution is 5.57. The molecule has 0 aromatic carbocycles. The van der Waals surface area contributed by atoms with Crippen LogP contribution in [0.2, 0.25) is 0 Å². The van der Waals surface area contributed by atoms with Crippen molar-refractivity contribution in [1.29, 1.82) is 0 Å². The van der Waals surface area contributed by atoms with E-state index in [-0.39, 0.29) is 12.6 Å². The molecule has 1 fully saturated rings. The molecule has 1 aliphatic rings. The molecule has 1 aromatic heterocycles. The van der Waals surface area contributed by atoms with Crippen molar-refractivity contribution in [3.63, 3.8) is 0 Å². The molecule has 1 aromatic rings. The highest BCUT2D eigenvalue weighted by Gasteiger charge is 2.25. The zero-order valence-electron chi connectivity index (χ0n) is 10.5. The lowest BCUT2D eigenvalue weighted by Crippen LogP contribution is -2.43. The number of nitrogens with zero attached hydrogens (tertiary/aromatic N) is 3. The van der Waals surface area contributed by atoms with Crippen molar-refractivity contribution < 1.29 is 5.11 Å². The Labute approximate surface area is 102 Å². The summed E-state index contributed by atoms with van der Waals surface area (Å²) >= 11 is 0. The average molecular weight is 236 g/mol. The van der Waals surface area contributed by atoms with Gasteiger partial charge in [0, 0.05) is 12.1 Å². The van der Waals surface area contributed by atoms with Gasteiger partial charge in [0.05, 0.1) is 12.6 Å². The van der Waals surface area contributed by atoms with E-state index in [1.54, 1.807) is 0 Å². The van der Waals surface area contributed by atoms with Crippen LogP contribution in [0.5, 0.6) is 0 Å². The minimum atomic E-state index is 0.163. The Kier molecular flexibility index (Phi) is 3.47.